The minimum absolute atomic E-state index is 0.0868. The fraction of sp³-hybridized carbons (Fsp3) is 0.438. The predicted octanol–water partition coefficient (Wildman–Crippen LogP) is 1.35. The summed E-state index contributed by atoms with van der Waals surface area (Å²) in [6.07, 6.45) is 0.801. The first kappa shape index (κ1) is 22.6. The molecule has 6 nitrogen and oxygen atoms in total. The van der Waals surface area contributed by atoms with Crippen molar-refractivity contribution in [2.24, 2.45) is 17.4 Å². The molecule has 136 valence electrons. The van der Waals surface area contributed by atoms with Crippen molar-refractivity contribution in [3.63, 3.8) is 0 Å². The van der Waals surface area contributed by atoms with E-state index in [2.05, 4.69) is 24.4 Å². The van der Waals surface area contributed by atoms with Crippen LogP contribution in [-0.4, -0.2) is 34.4 Å². The van der Waals surface area contributed by atoms with Gasteiger partial charge in [-0.05, 0) is 43.3 Å². The van der Waals surface area contributed by atoms with Crippen LogP contribution in [0.25, 0.3) is 0 Å². The zero-order valence-electron chi connectivity index (χ0n) is 14.3. The lowest BCUT2D eigenvalue weighted by Gasteiger charge is -2.10. The highest BCUT2D eigenvalue weighted by Gasteiger charge is 2.10. The molecule has 0 aliphatic heterocycles. The van der Waals surface area contributed by atoms with Gasteiger partial charge in [-0.15, -0.1) is 0 Å². The largest absolute Gasteiger partial charge is 0.322 e. The van der Waals surface area contributed by atoms with E-state index in [1.165, 1.54) is 13.0 Å². The molecular weight excluding hydrogens is 350 g/mol. The van der Waals surface area contributed by atoms with Crippen molar-refractivity contribution in [2.75, 3.05) is 6.54 Å². The Balaban J connectivity index is 0.000000506. The van der Waals surface area contributed by atoms with Gasteiger partial charge in [-0.3, -0.25) is 14.3 Å². The van der Waals surface area contributed by atoms with Gasteiger partial charge < -0.3 is 11.5 Å². The number of nitrogens with one attached hydrogen (secondary N) is 1. The van der Waals surface area contributed by atoms with E-state index < -0.39 is 15.6 Å². The van der Waals surface area contributed by atoms with Crippen LogP contribution in [0.4, 0.5) is 0 Å². The van der Waals surface area contributed by atoms with E-state index in [1.807, 2.05) is 0 Å². The number of ketones is 1. The SMILES string of the molecule is C=S(=O)(NC(=O)CN)c1cccc(Cl)c1.CC(=O)C(N)CC(C)C. The van der Waals surface area contributed by atoms with E-state index in [-0.39, 0.29) is 18.4 Å². The first-order valence-electron chi connectivity index (χ1n) is 7.39. The van der Waals surface area contributed by atoms with Crippen molar-refractivity contribution < 1.29 is 13.8 Å². The van der Waals surface area contributed by atoms with Crippen LogP contribution in [0.3, 0.4) is 0 Å². The Hall–Kier alpha value is -1.41. The Bertz CT molecular complexity index is 660. The third kappa shape index (κ3) is 9.02. The topological polar surface area (TPSA) is 115 Å². The minimum Gasteiger partial charge on any atom is -0.322 e. The maximum atomic E-state index is 12.0. The summed E-state index contributed by atoms with van der Waals surface area (Å²) in [5.74, 6) is 3.54. The Kier molecular flexibility index (Phi) is 9.84. The Labute approximate surface area is 149 Å². The fourth-order valence-corrected chi connectivity index (χ4v) is 3.07. The number of Topliss-reactive ketones (excluding diaryl/α,β-unsaturated/α-hetero) is 1. The Morgan fingerprint density at radius 2 is 1.96 bits per heavy atom. The van der Waals surface area contributed by atoms with Gasteiger partial charge in [0.05, 0.1) is 27.2 Å². The fourth-order valence-electron chi connectivity index (χ4n) is 1.63. The number of hydrogen-bond donors (Lipinski definition) is 3. The van der Waals surface area contributed by atoms with Crippen molar-refractivity contribution in [1.29, 1.82) is 0 Å². The summed E-state index contributed by atoms with van der Waals surface area (Å²) >= 11 is 5.73. The van der Waals surface area contributed by atoms with Gasteiger partial charge in [-0.2, -0.15) is 0 Å². The number of rotatable bonds is 6. The van der Waals surface area contributed by atoms with Crippen molar-refractivity contribution in [3.8, 4) is 0 Å². The van der Waals surface area contributed by atoms with E-state index in [1.54, 1.807) is 18.2 Å². The number of benzene rings is 1. The smallest absolute Gasteiger partial charge is 0.245 e. The van der Waals surface area contributed by atoms with Crippen LogP contribution in [-0.2, 0) is 19.3 Å². The summed E-state index contributed by atoms with van der Waals surface area (Å²) < 4.78 is 14.2. The lowest BCUT2D eigenvalue weighted by atomic mass is 10.0. The Morgan fingerprint density at radius 1 is 1.38 bits per heavy atom. The molecule has 0 aliphatic carbocycles. The molecule has 5 N–H and O–H groups in total. The molecule has 8 heteroatoms. The summed E-state index contributed by atoms with van der Waals surface area (Å²) in [6, 6.07) is 6.11. The Morgan fingerprint density at radius 3 is 2.33 bits per heavy atom. The number of hydrogen-bond acceptors (Lipinski definition) is 5. The van der Waals surface area contributed by atoms with Crippen LogP contribution in [0, 0.1) is 5.92 Å². The second-order valence-corrected chi connectivity index (χ2v) is 8.17. The number of carbonyl (C=O) groups excluding carboxylic acids is 2. The van der Waals surface area contributed by atoms with E-state index in [0.717, 1.165) is 6.42 Å². The van der Waals surface area contributed by atoms with Gasteiger partial charge in [0.1, 0.15) is 5.78 Å². The summed E-state index contributed by atoms with van der Waals surface area (Å²) in [6.45, 7) is 5.42. The van der Waals surface area contributed by atoms with Gasteiger partial charge in [0.2, 0.25) is 5.91 Å². The third-order valence-corrected chi connectivity index (χ3v) is 4.70. The van der Waals surface area contributed by atoms with Gasteiger partial charge in [0.25, 0.3) is 0 Å². The van der Waals surface area contributed by atoms with Crippen LogP contribution in [0.5, 0.6) is 0 Å². The van der Waals surface area contributed by atoms with Crippen molar-refractivity contribution in [1.82, 2.24) is 4.72 Å². The van der Waals surface area contributed by atoms with Gasteiger partial charge in [-0.1, -0.05) is 31.5 Å². The molecule has 0 heterocycles. The van der Waals surface area contributed by atoms with Crippen molar-refractivity contribution in [2.45, 2.75) is 38.1 Å². The van der Waals surface area contributed by atoms with Crippen LogP contribution in [0.1, 0.15) is 27.2 Å². The van der Waals surface area contributed by atoms with Gasteiger partial charge in [0.15, 0.2) is 0 Å². The monoisotopic (exact) mass is 375 g/mol. The average molecular weight is 376 g/mol. The highest BCUT2D eigenvalue weighted by Crippen LogP contribution is 2.14. The van der Waals surface area contributed by atoms with Gasteiger partial charge in [0, 0.05) is 5.02 Å². The van der Waals surface area contributed by atoms with Crippen LogP contribution < -0.4 is 16.2 Å². The third-order valence-electron chi connectivity index (χ3n) is 2.89. The van der Waals surface area contributed by atoms with Crippen molar-refractivity contribution >= 4 is 38.9 Å². The second-order valence-electron chi connectivity index (χ2n) is 5.71. The van der Waals surface area contributed by atoms with E-state index in [0.29, 0.717) is 15.8 Å². The molecule has 1 aromatic rings. The zero-order chi connectivity index (χ0) is 18.9. The molecule has 1 amide bonds. The summed E-state index contributed by atoms with van der Waals surface area (Å²) in [4.78, 5) is 21.9. The number of carbonyl (C=O) groups is 2. The first-order valence-corrected chi connectivity index (χ1v) is 9.49. The zero-order valence-corrected chi connectivity index (χ0v) is 15.8. The summed E-state index contributed by atoms with van der Waals surface area (Å²) in [5.41, 5.74) is 10.6. The summed E-state index contributed by atoms with van der Waals surface area (Å²) in [5, 5.41) is 0.436. The molecule has 2 atom stereocenters. The predicted molar refractivity (Wildman–Crippen MR) is 100 cm³/mol. The maximum Gasteiger partial charge on any atom is 0.245 e. The number of amides is 1. The van der Waals surface area contributed by atoms with E-state index in [4.69, 9.17) is 23.1 Å². The quantitative estimate of drug-likeness (QED) is 0.649. The van der Waals surface area contributed by atoms with Crippen LogP contribution >= 0.6 is 11.6 Å². The molecule has 0 fully saturated rings. The molecule has 0 aromatic heterocycles. The van der Waals surface area contributed by atoms with Gasteiger partial charge in [-0.25, -0.2) is 4.21 Å². The summed E-state index contributed by atoms with van der Waals surface area (Å²) in [7, 11) is -2.86. The molecule has 0 saturated carbocycles. The minimum atomic E-state index is -2.86. The van der Waals surface area contributed by atoms with E-state index in [9.17, 15) is 13.8 Å². The molecule has 1 rings (SSSR count). The molecule has 0 bridgehead atoms. The highest BCUT2D eigenvalue weighted by molar-refractivity contribution is 7.99. The molecular formula is C16H26ClN3O3S. The second kappa shape index (κ2) is 10.5. The van der Waals surface area contributed by atoms with Crippen LogP contribution in [0.15, 0.2) is 29.2 Å². The first-order chi connectivity index (χ1) is 11.0. The molecule has 0 radical (unpaired) electrons. The van der Waals surface area contributed by atoms with Crippen LogP contribution in [0.2, 0.25) is 5.02 Å². The molecule has 2 unspecified atom stereocenters. The molecule has 0 saturated heterocycles. The lowest BCUT2D eigenvalue weighted by Crippen LogP contribution is -2.35. The normalized spacial score (nSPS) is 14.1. The number of nitrogens with two attached hydrogens (primary N) is 2. The lowest BCUT2D eigenvalue weighted by molar-refractivity contribution is -0.119. The molecule has 24 heavy (non-hydrogen) atoms. The number of halogens is 1. The van der Waals surface area contributed by atoms with E-state index >= 15 is 0 Å². The molecule has 1 aromatic carbocycles. The van der Waals surface area contributed by atoms with Crippen molar-refractivity contribution in [3.05, 3.63) is 29.3 Å². The molecule has 0 spiro atoms. The standard InChI is InChI=1S/C9H11ClN2O2S.C7H15NO/c1-15(14,12-9(13)6-11)8-4-2-3-7(10)5-8;1-5(2)4-7(8)6(3)9/h2-5H,1,6,11H2,(H,12,13,14);5,7H,4,8H2,1-3H3. The highest BCUT2D eigenvalue weighted by atomic mass is 35.5. The van der Waals surface area contributed by atoms with Gasteiger partial charge >= 0.3 is 0 Å². The average Bonchev–Trinajstić information content (AvgIpc) is 2.46. The molecule has 0 aliphatic rings. The maximum absolute atomic E-state index is 12.0.